The van der Waals surface area contributed by atoms with Crippen molar-refractivity contribution in [2.45, 2.75) is 25.7 Å². The molecule has 0 bridgehead atoms. The van der Waals surface area contributed by atoms with Crippen molar-refractivity contribution in [1.82, 2.24) is 0 Å². The fraction of sp³-hybridized carbons (Fsp3) is 0.545. The lowest BCUT2D eigenvalue weighted by Crippen LogP contribution is -2.32. The van der Waals surface area contributed by atoms with E-state index in [1.54, 1.807) is 6.92 Å². The summed E-state index contributed by atoms with van der Waals surface area (Å²) in [6.07, 6.45) is -0.669. The zero-order valence-electron chi connectivity index (χ0n) is 9.09. The molecule has 6 heteroatoms. The molecule has 1 rings (SSSR count). The van der Waals surface area contributed by atoms with Gasteiger partial charge in [0.1, 0.15) is 0 Å². The van der Waals surface area contributed by atoms with Gasteiger partial charge in [0.15, 0.2) is 6.61 Å². The summed E-state index contributed by atoms with van der Waals surface area (Å²) in [6.45, 7) is 0.385. The second-order valence-corrected chi connectivity index (χ2v) is 3.82. The molecule has 1 aliphatic rings. The number of hydrogen-bond donors (Lipinski definition) is 0. The molecule has 1 aliphatic carbocycles. The fourth-order valence-electron chi connectivity index (χ4n) is 1.33. The second kappa shape index (κ2) is 5.21. The summed E-state index contributed by atoms with van der Waals surface area (Å²) in [4.78, 5) is 0. The summed E-state index contributed by atoms with van der Waals surface area (Å²) >= 11 is 0. The highest BCUT2D eigenvalue weighted by atomic mass is 19.3. The van der Waals surface area contributed by atoms with Gasteiger partial charge in [-0.05, 0) is 18.1 Å². The summed E-state index contributed by atoms with van der Waals surface area (Å²) in [5, 5.41) is 8.67. The molecule has 0 amide bonds. The minimum atomic E-state index is -4.15. The first-order valence-corrected chi connectivity index (χ1v) is 4.96. The standard InChI is InChI=1S/C11H11F4NO/c1-7-4-9(3-2-8(7)5-16)17-6-11(14,15)10(12)13/h2-3,7,10H,4,6H2,1H3. The van der Waals surface area contributed by atoms with Crippen molar-refractivity contribution in [3.63, 3.8) is 0 Å². The van der Waals surface area contributed by atoms with Crippen molar-refractivity contribution < 1.29 is 22.3 Å². The molecule has 1 atom stereocenters. The van der Waals surface area contributed by atoms with Crippen LogP contribution in [0.2, 0.25) is 0 Å². The molecule has 0 fully saturated rings. The summed E-state index contributed by atoms with van der Waals surface area (Å²) in [7, 11) is 0. The Bertz CT molecular complexity index is 381. The molecule has 17 heavy (non-hydrogen) atoms. The topological polar surface area (TPSA) is 33.0 Å². The van der Waals surface area contributed by atoms with Crippen molar-refractivity contribution in [3.8, 4) is 6.07 Å². The maximum Gasteiger partial charge on any atom is 0.340 e. The van der Waals surface area contributed by atoms with E-state index in [-0.39, 0.29) is 18.1 Å². The normalized spacial score (nSPS) is 20.6. The van der Waals surface area contributed by atoms with E-state index in [4.69, 9.17) is 5.26 Å². The van der Waals surface area contributed by atoms with Crippen LogP contribution in [-0.2, 0) is 4.74 Å². The van der Waals surface area contributed by atoms with Gasteiger partial charge in [-0.1, -0.05) is 6.92 Å². The molecule has 0 radical (unpaired) electrons. The molecule has 94 valence electrons. The third kappa shape index (κ3) is 3.48. The van der Waals surface area contributed by atoms with E-state index in [0.29, 0.717) is 5.57 Å². The number of ether oxygens (including phenoxy) is 1. The van der Waals surface area contributed by atoms with Gasteiger partial charge >= 0.3 is 12.3 Å². The van der Waals surface area contributed by atoms with E-state index in [2.05, 4.69) is 4.74 Å². The van der Waals surface area contributed by atoms with Crippen LogP contribution in [-0.4, -0.2) is 19.0 Å². The molecule has 1 unspecified atom stereocenters. The number of alkyl halides is 4. The monoisotopic (exact) mass is 249 g/mol. The first-order chi connectivity index (χ1) is 7.86. The smallest absolute Gasteiger partial charge is 0.340 e. The number of nitrogens with zero attached hydrogens (tertiary/aromatic N) is 1. The molecule has 0 aromatic rings. The third-order valence-corrected chi connectivity index (χ3v) is 2.39. The maximum atomic E-state index is 12.6. The molecule has 0 aromatic heterocycles. The Labute approximate surface area is 96.2 Å². The first-order valence-electron chi connectivity index (χ1n) is 4.96. The predicted molar refractivity (Wildman–Crippen MR) is 52.5 cm³/mol. The van der Waals surface area contributed by atoms with Gasteiger partial charge < -0.3 is 4.74 Å². The van der Waals surface area contributed by atoms with E-state index in [1.165, 1.54) is 12.2 Å². The number of allylic oxidation sites excluding steroid dienone is 4. The van der Waals surface area contributed by atoms with Crippen LogP contribution in [0.1, 0.15) is 13.3 Å². The van der Waals surface area contributed by atoms with Crippen molar-refractivity contribution in [2.24, 2.45) is 5.92 Å². The highest BCUT2D eigenvalue weighted by molar-refractivity contribution is 5.33. The van der Waals surface area contributed by atoms with Crippen LogP contribution in [0.25, 0.3) is 0 Å². The zero-order chi connectivity index (χ0) is 13.1. The van der Waals surface area contributed by atoms with Gasteiger partial charge in [0.25, 0.3) is 0 Å². The number of halogens is 4. The second-order valence-electron chi connectivity index (χ2n) is 3.82. The van der Waals surface area contributed by atoms with Crippen molar-refractivity contribution >= 4 is 0 Å². The summed E-state index contributed by atoms with van der Waals surface area (Å²) < 4.78 is 53.5. The Balaban J connectivity index is 2.59. The molecule has 0 aliphatic heterocycles. The SMILES string of the molecule is CC1CC(OCC(F)(F)C(F)F)=CC=C1C#N. The quantitative estimate of drug-likeness (QED) is 0.716. The van der Waals surface area contributed by atoms with Crippen LogP contribution in [0.4, 0.5) is 17.6 Å². The van der Waals surface area contributed by atoms with E-state index in [0.717, 1.165) is 0 Å². The molecule has 0 saturated carbocycles. The highest BCUT2D eigenvalue weighted by Crippen LogP contribution is 2.28. The van der Waals surface area contributed by atoms with Crippen molar-refractivity contribution in [2.75, 3.05) is 6.61 Å². The van der Waals surface area contributed by atoms with Gasteiger partial charge in [-0.25, -0.2) is 8.78 Å². The van der Waals surface area contributed by atoms with Gasteiger partial charge in [0.2, 0.25) is 0 Å². The van der Waals surface area contributed by atoms with Crippen molar-refractivity contribution in [3.05, 3.63) is 23.5 Å². The lowest BCUT2D eigenvalue weighted by atomic mass is 9.93. The van der Waals surface area contributed by atoms with Gasteiger partial charge in [-0.15, -0.1) is 0 Å². The van der Waals surface area contributed by atoms with Crippen LogP contribution < -0.4 is 0 Å². The highest BCUT2D eigenvalue weighted by Gasteiger charge is 2.42. The largest absolute Gasteiger partial charge is 0.491 e. The van der Waals surface area contributed by atoms with Gasteiger partial charge in [0.05, 0.1) is 11.8 Å². The van der Waals surface area contributed by atoms with Crippen LogP contribution in [0.15, 0.2) is 23.5 Å². The van der Waals surface area contributed by atoms with E-state index in [1.807, 2.05) is 6.07 Å². The minimum absolute atomic E-state index is 0.153. The molecule has 0 spiro atoms. The van der Waals surface area contributed by atoms with Crippen LogP contribution in [0, 0.1) is 17.2 Å². The number of rotatable bonds is 4. The number of hydrogen-bond acceptors (Lipinski definition) is 2. The maximum absolute atomic E-state index is 12.6. The fourth-order valence-corrected chi connectivity index (χ4v) is 1.33. The Hall–Kier alpha value is -1.51. The van der Waals surface area contributed by atoms with Crippen molar-refractivity contribution in [1.29, 1.82) is 5.26 Å². The molecular weight excluding hydrogens is 238 g/mol. The lowest BCUT2D eigenvalue weighted by molar-refractivity contribution is -0.158. The number of nitriles is 1. The van der Waals surface area contributed by atoms with Gasteiger partial charge in [-0.3, -0.25) is 0 Å². The Morgan fingerprint density at radius 2 is 2.18 bits per heavy atom. The summed E-state index contributed by atoms with van der Waals surface area (Å²) in [5.41, 5.74) is 0.512. The van der Waals surface area contributed by atoms with E-state index >= 15 is 0 Å². The Kier molecular flexibility index (Phi) is 4.16. The lowest BCUT2D eigenvalue weighted by Gasteiger charge is -2.21. The van der Waals surface area contributed by atoms with E-state index < -0.39 is 19.0 Å². The predicted octanol–water partition coefficient (Wildman–Crippen LogP) is 3.28. The van der Waals surface area contributed by atoms with Gasteiger partial charge in [-0.2, -0.15) is 14.0 Å². The Morgan fingerprint density at radius 3 is 2.65 bits per heavy atom. The van der Waals surface area contributed by atoms with Crippen LogP contribution >= 0.6 is 0 Å². The van der Waals surface area contributed by atoms with Crippen LogP contribution in [0.3, 0.4) is 0 Å². The zero-order valence-corrected chi connectivity index (χ0v) is 9.09. The molecule has 0 aromatic carbocycles. The average Bonchev–Trinajstić information content (AvgIpc) is 2.26. The molecule has 0 N–H and O–H groups in total. The molecular formula is C11H11F4NO. The first kappa shape index (κ1) is 13.6. The van der Waals surface area contributed by atoms with E-state index in [9.17, 15) is 17.6 Å². The van der Waals surface area contributed by atoms with Gasteiger partial charge in [0, 0.05) is 12.0 Å². The molecule has 0 saturated heterocycles. The summed E-state index contributed by atoms with van der Waals surface area (Å²) in [5.74, 6) is -4.11. The summed E-state index contributed by atoms with van der Waals surface area (Å²) in [6, 6.07) is 1.96. The van der Waals surface area contributed by atoms with Crippen LogP contribution in [0.5, 0.6) is 0 Å². The average molecular weight is 249 g/mol. The minimum Gasteiger partial charge on any atom is -0.491 e. The third-order valence-electron chi connectivity index (χ3n) is 2.39. The molecule has 0 heterocycles. The Morgan fingerprint density at radius 1 is 1.53 bits per heavy atom. The molecule has 2 nitrogen and oxygen atoms in total.